The van der Waals surface area contributed by atoms with E-state index in [1.54, 1.807) is 6.07 Å². The highest BCUT2D eigenvalue weighted by Crippen LogP contribution is 2.23. The van der Waals surface area contributed by atoms with E-state index < -0.39 is 0 Å². The third-order valence-corrected chi connectivity index (χ3v) is 3.75. The zero-order valence-electron chi connectivity index (χ0n) is 11.3. The molecule has 0 atom stereocenters. The minimum atomic E-state index is -0.0128. The normalized spacial score (nSPS) is 16.4. The molecule has 0 saturated carbocycles. The molecule has 1 amide bonds. The van der Waals surface area contributed by atoms with Crippen LogP contribution in [0.4, 0.5) is 5.69 Å². The van der Waals surface area contributed by atoms with Gasteiger partial charge in [0.15, 0.2) is 0 Å². The number of rotatable bonds is 3. The summed E-state index contributed by atoms with van der Waals surface area (Å²) in [6, 6.07) is 3.74. The van der Waals surface area contributed by atoms with Crippen molar-refractivity contribution >= 4 is 23.2 Å². The lowest BCUT2D eigenvalue weighted by molar-refractivity contribution is -0.118. The van der Waals surface area contributed by atoms with E-state index in [0.717, 1.165) is 29.9 Å². The van der Waals surface area contributed by atoms with E-state index in [4.69, 9.17) is 16.3 Å². The molecule has 0 radical (unpaired) electrons. The number of halogens is 1. The van der Waals surface area contributed by atoms with Gasteiger partial charge in [-0.2, -0.15) is 0 Å². The van der Waals surface area contributed by atoms with E-state index in [1.165, 1.54) is 0 Å². The van der Waals surface area contributed by atoms with E-state index in [1.807, 2.05) is 19.9 Å². The summed E-state index contributed by atoms with van der Waals surface area (Å²) in [6.45, 7) is 7.36. The van der Waals surface area contributed by atoms with Gasteiger partial charge >= 0.3 is 0 Å². The first-order chi connectivity index (χ1) is 9.06. The van der Waals surface area contributed by atoms with Gasteiger partial charge in [0.25, 0.3) is 0 Å². The smallest absolute Gasteiger partial charge is 0.238 e. The topological polar surface area (TPSA) is 41.6 Å². The van der Waals surface area contributed by atoms with Gasteiger partial charge in [0.05, 0.1) is 19.8 Å². The largest absolute Gasteiger partial charge is 0.379 e. The van der Waals surface area contributed by atoms with E-state index in [0.29, 0.717) is 24.8 Å². The van der Waals surface area contributed by atoms with Gasteiger partial charge in [-0.05, 0) is 37.1 Å². The van der Waals surface area contributed by atoms with Gasteiger partial charge in [0.1, 0.15) is 0 Å². The molecule has 1 aromatic carbocycles. The first kappa shape index (κ1) is 14.3. The standard InChI is InChI=1S/C14H19ClN2O2/c1-10-7-12(8-13(15)11(10)2)16-14(18)9-17-3-5-19-6-4-17/h7-8H,3-6,9H2,1-2H3,(H,16,18). The second-order valence-electron chi connectivity index (χ2n) is 4.84. The van der Waals surface area contributed by atoms with Crippen molar-refractivity contribution in [2.45, 2.75) is 13.8 Å². The molecule has 1 heterocycles. The monoisotopic (exact) mass is 282 g/mol. The third-order valence-electron chi connectivity index (χ3n) is 3.36. The molecule has 1 saturated heterocycles. The Kier molecular flexibility index (Phi) is 4.80. The number of carbonyl (C=O) groups excluding carboxylic acids is 1. The van der Waals surface area contributed by atoms with Gasteiger partial charge in [-0.25, -0.2) is 0 Å². The van der Waals surface area contributed by atoms with Crippen molar-refractivity contribution in [1.29, 1.82) is 0 Å². The Balaban J connectivity index is 1.94. The third kappa shape index (κ3) is 3.93. The molecule has 0 bridgehead atoms. The Hall–Kier alpha value is -1.10. The highest BCUT2D eigenvalue weighted by Gasteiger charge is 2.14. The number of amides is 1. The number of carbonyl (C=O) groups is 1. The van der Waals surface area contributed by atoms with Crippen LogP contribution in [0.1, 0.15) is 11.1 Å². The zero-order chi connectivity index (χ0) is 13.8. The number of morpholine rings is 1. The molecule has 104 valence electrons. The molecular weight excluding hydrogens is 264 g/mol. The van der Waals surface area contributed by atoms with Gasteiger partial charge in [0, 0.05) is 23.8 Å². The Morgan fingerprint density at radius 2 is 2.05 bits per heavy atom. The second-order valence-corrected chi connectivity index (χ2v) is 5.24. The van der Waals surface area contributed by atoms with Gasteiger partial charge in [-0.15, -0.1) is 0 Å². The van der Waals surface area contributed by atoms with Crippen LogP contribution in [-0.2, 0) is 9.53 Å². The Bertz CT molecular complexity index is 448. The molecule has 1 aliphatic rings. The van der Waals surface area contributed by atoms with Crippen LogP contribution in [0.25, 0.3) is 0 Å². The lowest BCUT2D eigenvalue weighted by Crippen LogP contribution is -2.41. The van der Waals surface area contributed by atoms with Crippen molar-refractivity contribution in [2.75, 3.05) is 38.2 Å². The number of ether oxygens (including phenoxy) is 1. The molecule has 4 nitrogen and oxygen atoms in total. The van der Waals surface area contributed by atoms with Crippen molar-refractivity contribution < 1.29 is 9.53 Å². The van der Waals surface area contributed by atoms with Crippen LogP contribution in [-0.4, -0.2) is 43.7 Å². The fourth-order valence-corrected chi connectivity index (χ4v) is 2.32. The number of aryl methyl sites for hydroxylation is 1. The molecule has 0 spiro atoms. The Labute approximate surface area is 118 Å². The number of nitrogens with zero attached hydrogens (tertiary/aromatic N) is 1. The van der Waals surface area contributed by atoms with Crippen LogP contribution in [0.3, 0.4) is 0 Å². The zero-order valence-corrected chi connectivity index (χ0v) is 12.1. The summed E-state index contributed by atoms with van der Waals surface area (Å²) < 4.78 is 5.25. The van der Waals surface area contributed by atoms with Gasteiger partial charge in [-0.3, -0.25) is 9.69 Å². The molecule has 0 aromatic heterocycles. The maximum absolute atomic E-state index is 12.0. The predicted molar refractivity (Wildman–Crippen MR) is 76.8 cm³/mol. The Morgan fingerprint density at radius 1 is 1.37 bits per heavy atom. The molecule has 1 N–H and O–H groups in total. The van der Waals surface area contributed by atoms with E-state index in [2.05, 4.69) is 10.2 Å². The summed E-state index contributed by atoms with van der Waals surface area (Å²) in [4.78, 5) is 14.0. The maximum atomic E-state index is 12.0. The predicted octanol–water partition coefficient (Wildman–Crippen LogP) is 2.23. The minimum absolute atomic E-state index is 0.0128. The molecule has 5 heteroatoms. The highest BCUT2D eigenvalue weighted by atomic mass is 35.5. The average Bonchev–Trinajstić information content (AvgIpc) is 2.37. The molecule has 1 fully saturated rings. The SMILES string of the molecule is Cc1cc(NC(=O)CN2CCOCC2)cc(Cl)c1C. The van der Waals surface area contributed by atoms with Crippen molar-refractivity contribution in [1.82, 2.24) is 4.90 Å². The van der Waals surface area contributed by atoms with Crippen LogP contribution in [0.2, 0.25) is 5.02 Å². The number of benzene rings is 1. The molecular formula is C14H19ClN2O2. The molecule has 19 heavy (non-hydrogen) atoms. The lowest BCUT2D eigenvalue weighted by atomic mass is 10.1. The first-order valence-electron chi connectivity index (χ1n) is 6.43. The van der Waals surface area contributed by atoms with Crippen LogP contribution >= 0.6 is 11.6 Å². The van der Waals surface area contributed by atoms with E-state index >= 15 is 0 Å². The average molecular weight is 283 g/mol. The van der Waals surface area contributed by atoms with Crippen molar-refractivity contribution in [3.8, 4) is 0 Å². The lowest BCUT2D eigenvalue weighted by Gasteiger charge is -2.25. The summed E-state index contributed by atoms with van der Waals surface area (Å²) in [5.74, 6) is -0.0128. The minimum Gasteiger partial charge on any atom is -0.379 e. The highest BCUT2D eigenvalue weighted by molar-refractivity contribution is 6.31. The number of hydrogen-bond donors (Lipinski definition) is 1. The molecule has 0 aliphatic carbocycles. The fraction of sp³-hybridized carbons (Fsp3) is 0.500. The van der Waals surface area contributed by atoms with Crippen LogP contribution in [0, 0.1) is 13.8 Å². The summed E-state index contributed by atoms with van der Waals surface area (Å²) in [5.41, 5.74) is 2.88. The molecule has 1 aliphatic heterocycles. The van der Waals surface area contributed by atoms with Gasteiger partial charge in [-0.1, -0.05) is 11.6 Å². The molecule has 0 unspecified atom stereocenters. The summed E-state index contributed by atoms with van der Waals surface area (Å²) in [6.07, 6.45) is 0. The first-order valence-corrected chi connectivity index (χ1v) is 6.81. The maximum Gasteiger partial charge on any atom is 0.238 e. The summed E-state index contributed by atoms with van der Waals surface area (Å²) >= 11 is 6.12. The Morgan fingerprint density at radius 3 is 2.68 bits per heavy atom. The van der Waals surface area contributed by atoms with E-state index in [-0.39, 0.29) is 5.91 Å². The fourth-order valence-electron chi connectivity index (χ4n) is 2.05. The van der Waals surface area contributed by atoms with Crippen molar-refractivity contribution in [3.05, 3.63) is 28.3 Å². The van der Waals surface area contributed by atoms with E-state index in [9.17, 15) is 4.79 Å². The van der Waals surface area contributed by atoms with Crippen LogP contribution < -0.4 is 5.32 Å². The summed E-state index contributed by atoms with van der Waals surface area (Å²) in [5, 5.41) is 3.57. The quantitative estimate of drug-likeness (QED) is 0.924. The second kappa shape index (κ2) is 6.37. The van der Waals surface area contributed by atoms with Gasteiger partial charge < -0.3 is 10.1 Å². The van der Waals surface area contributed by atoms with Crippen LogP contribution in [0.5, 0.6) is 0 Å². The molecule has 2 rings (SSSR count). The van der Waals surface area contributed by atoms with Crippen molar-refractivity contribution in [2.24, 2.45) is 0 Å². The van der Waals surface area contributed by atoms with Crippen LogP contribution in [0.15, 0.2) is 12.1 Å². The molecule has 1 aromatic rings. The number of hydrogen-bond acceptors (Lipinski definition) is 3. The number of nitrogens with one attached hydrogen (secondary N) is 1. The van der Waals surface area contributed by atoms with Gasteiger partial charge in [0.2, 0.25) is 5.91 Å². The summed E-state index contributed by atoms with van der Waals surface area (Å²) in [7, 11) is 0. The number of anilines is 1. The van der Waals surface area contributed by atoms with Crippen molar-refractivity contribution in [3.63, 3.8) is 0 Å².